The van der Waals surface area contributed by atoms with Crippen molar-refractivity contribution in [3.8, 4) is 5.75 Å². The molecular weight excluding hydrogens is 278 g/mol. The molecule has 0 amide bonds. The smallest absolute Gasteiger partial charge is 0.155 e. The highest BCUT2D eigenvalue weighted by Gasteiger charge is 2.68. The third-order valence-corrected chi connectivity index (χ3v) is 6.25. The van der Waals surface area contributed by atoms with Crippen LogP contribution in [0.1, 0.15) is 18.4 Å². The fourth-order valence-corrected chi connectivity index (χ4v) is 4.85. The summed E-state index contributed by atoms with van der Waals surface area (Å²) in [5.41, 5.74) is 6.35. The summed E-state index contributed by atoms with van der Waals surface area (Å²) in [6.45, 7) is 1.87. The minimum absolute atomic E-state index is 0.0903. The van der Waals surface area contributed by atoms with E-state index in [4.69, 9.17) is 15.2 Å². The molecular formula is C14H21NO4S. The van der Waals surface area contributed by atoms with Gasteiger partial charge in [0, 0.05) is 18.8 Å². The molecule has 20 heavy (non-hydrogen) atoms. The van der Waals surface area contributed by atoms with Gasteiger partial charge in [-0.15, -0.1) is 0 Å². The van der Waals surface area contributed by atoms with Gasteiger partial charge in [-0.1, -0.05) is 19.1 Å². The number of hydrogen-bond acceptors (Lipinski definition) is 5. The second-order valence-electron chi connectivity index (χ2n) is 5.17. The van der Waals surface area contributed by atoms with E-state index in [1.807, 2.05) is 24.3 Å². The van der Waals surface area contributed by atoms with Crippen LogP contribution in [-0.2, 0) is 14.6 Å². The molecule has 0 radical (unpaired) electrons. The van der Waals surface area contributed by atoms with Crippen LogP contribution in [0.15, 0.2) is 24.3 Å². The Morgan fingerprint density at radius 1 is 1.25 bits per heavy atom. The predicted molar refractivity (Wildman–Crippen MR) is 77.8 cm³/mol. The highest BCUT2D eigenvalue weighted by Crippen LogP contribution is 2.54. The Bertz CT molecular complexity index is 569. The summed E-state index contributed by atoms with van der Waals surface area (Å²) in [7, 11) is -0.0768. The van der Waals surface area contributed by atoms with Crippen LogP contribution in [-0.4, -0.2) is 45.8 Å². The molecule has 0 saturated heterocycles. The van der Waals surface area contributed by atoms with Crippen LogP contribution in [0.2, 0.25) is 0 Å². The van der Waals surface area contributed by atoms with Crippen LogP contribution in [0.3, 0.4) is 0 Å². The van der Waals surface area contributed by atoms with Gasteiger partial charge in [0.05, 0.1) is 24.5 Å². The molecule has 112 valence electrons. The molecule has 5 nitrogen and oxygen atoms in total. The number of nitrogens with two attached hydrogens (primary N) is 1. The van der Waals surface area contributed by atoms with E-state index < -0.39 is 20.6 Å². The van der Waals surface area contributed by atoms with Crippen LogP contribution in [0, 0.1) is 0 Å². The molecule has 0 aliphatic heterocycles. The number of ether oxygens (including phenoxy) is 2. The largest absolute Gasteiger partial charge is 0.497 e. The minimum atomic E-state index is -3.20. The van der Waals surface area contributed by atoms with Crippen LogP contribution < -0.4 is 10.5 Å². The zero-order valence-corrected chi connectivity index (χ0v) is 12.8. The van der Waals surface area contributed by atoms with Gasteiger partial charge in [-0.25, -0.2) is 8.42 Å². The van der Waals surface area contributed by atoms with Gasteiger partial charge in [-0.2, -0.15) is 0 Å². The lowest BCUT2D eigenvalue weighted by Gasteiger charge is -2.10. The van der Waals surface area contributed by atoms with Gasteiger partial charge in [0.1, 0.15) is 5.75 Å². The number of methoxy groups -OCH3 is 2. The van der Waals surface area contributed by atoms with Crippen molar-refractivity contribution >= 4 is 9.84 Å². The van der Waals surface area contributed by atoms with Gasteiger partial charge < -0.3 is 15.2 Å². The number of benzene rings is 1. The summed E-state index contributed by atoms with van der Waals surface area (Å²) in [4.78, 5) is 0. The fourth-order valence-electron chi connectivity index (χ4n) is 2.86. The van der Waals surface area contributed by atoms with E-state index in [0.717, 1.165) is 11.3 Å². The van der Waals surface area contributed by atoms with E-state index in [2.05, 4.69) is 0 Å². The molecule has 3 atom stereocenters. The van der Waals surface area contributed by atoms with Gasteiger partial charge in [0.25, 0.3) is 0 Å². The van der Waals surface area contributed by atoms with Crippen LogP contribution >= 0.6 is 0 Å². The van der Waals surface area contributed by atoms with Crippen molar-refractivity contribution in [2.45, 2.75) is 23.6 Å². The lowest BCUT2D eigenvalue weighted by Crippen LogP contribution is -2.36. The van der Waals surface area contributed by atoms with Crippen molar-refractivity contribution in [1.82, 2.24) is 0 Å². The Labute approximate surface area is 120 Å². The van der Waals surface area contributed by atoms with Gasteiger partial charge in [-0.05, 0) is 17.7 Å². The van der Waals surface area contributed by atoms with E-state index in [-0.39, 0.29) is 18.3 Å². The molecule has 2 N–H and O–H groups in total. The van der Waals surface area contributed by atoms with E-state index in [1.54, 1.807) is 14.0 Å². The normalized spacial score (nSPS) is 29.2. The lowest BCUT2D eigenvalue weighted by molar-refractivity contribution is 0.171. The molecule has 1 saturated carbocycles. The maximum absolute atomic E-state index is 12.2. The second-order valence-corrected chi connectivity index (χ2v) is 7.58. The highest BCUT2D eigenvalue weighted by molar-refractivity contribution is 7.92. The molecule has 0 spiro atoms. The van der Waals surface area contributed by atoms with E-state index >= 15 is 0 Å². The molecule has 0 bridgehead atoms. The molecule has 6 heteroatoms. The van der Waals surface area contributed by atoms with Crippen LogP contribution in [0.5, 0.6) is 5.75 Å². The Morgan fingerprint density at radius 3 is 2.30 bits per heavy atom. The standard InChI is InChI=1S/C14H21NO4S/c1-4-20(16,17)13-12(14(13,15)9-18-2)10-5-7-11(19-3)8-6-10/h5-8,12-13H,4,9,15H2,1-3H3/t12-,13-,14-/m1/s1. The van der Waals surface area contributed by atoms with Crippen molar-refractivity contribution in [2.75, 3.05) is 26.6 Å². The van der Waals surface area contributed by atoms with E-state index in [1.165, 1.54) is 7.11 Å². The zero-order chi connectivity index (χ0) is 15.0. The summed E-state index contributed by atoms with van der Waals surface area (Å²) < 4.78 is 34.6. The summed E-state index contributed by atoms with van der Waals surface area (Å²) in [5.74, 6) is 0.601. The maximum Gasteiger partial charge on any atom is 0.155 e. The Hall–Kier alpha value is -1.11. The van der Waals surface area contributed by atoms with Gasteiger partial charge in [-0.3, -0.25) is 0 Å². The van der Waals surface area contributed by atoms with Crippen molar-refractivity contribution in [3.05, 3.63) is 29.8 Å². The van der Waals surface area contributed by atoms with Crippen LogP contribution in [0.25, 0.3) is 0 Å². The summed E-state index contributed by atoms with van der Waals surface area (Å²) in [5, 5.41) is -0.576. The molecule has 0 aromatic heterocycles. The first-order valence-corrected chi connectivity index (χ1v) is 8.25. The fraction of sp³-hybridized carbons (Fsp3) is 0.571. The first-order chi connectivity index (χ1) is 9.40. The lowest BCUT2D eigenvalue weighted by atomic mass is 10.1. The van der Waals surface area contributed by atoms with Crippen molar-refractivity contribution in [1.29, 1.82) is 0 Å². The number of rotatable bonds is 6. The molecule has 1 aromatic rings. The molecule has 1 aromatic carbocycles. The van der Waals surface area contributed by atoms with E-state index in [0.29, 0.717) is 0 Å². The van der Waals surface area contributed by atoms with Gasteiger partial charge in [0.2, 0.25) is 0 Å². The molecule has 1 aliphatic carbocycles. The monoisotopic (exact) mass is 299 g/mol. The second kappa shape index (κ2) is 5.35. The van der Waals surface area contributed by atoms with Crippen LogP contribution in [0.4, 0.5) is 0 Å². The number of hydrogen-bond donors (Lipinski definition) is 1. The van der Waals surface area contributed by atoms with Gasteiger partial charge in [0.15, 0.2) is 9.84 Å². The average Bonchev–Trinajstić information content (AvgIpc) is 3.06. The summed E-state index contributed by atoms with van der Waals surface area (Å²) in [6, 6.07) is 7.37. The summed E-state index contributed by atoms with van der Waals surface area (Å²) >= 11 is 0. The molecule has 1 aliphatic rings. The molecule has 2 rings (SSSR count). The van der Waals surface area contributed by atoms with Crippen molar-refractivity contribution in [3.63, 3.8) is 0 Å². The third kappa shape index (κ3) is 2.43. The van der Waals surface area contributed by atoms with E-state index in [9.17, 15) is 8.42 Å². The maximum atomic E-state index is 12.2. The van der Waals surface area contributed by atoms with Crippen molar-refractivity contribution < 1.29 is 17.9 Å². The molecule has 0 heterocycles. The quantitative estimate of drug-likeness (QED) is 0.845. The minimum Gasteiger partial charge on any atom is -0.497 e. The highest BCUT2D eigenvalue weighted by atomic mass is 32.2. The molecule has 1 fully saturated rings. The first-order valence-electron chi connectivity index (χ1n) is 6.54. The van der Waals surface area contributed by atoms with Crippen molar-refractivity contribution in [2.24, 2.45) is 5.73 Å². The average molecular weight is 299 g/mol. The topological polar surface area (TPSA) is 78.6 Å². The summed E-state index contributed by atoms with van der Waals surface area (Å²) in [6.07, 6.45) is 0. The first kappa shape index (κ1) is 15.3. The Kier molecular flexibility index (Phi) is 4.09. The number of sulfone groups is 1. The third-order valence-electron chi connectivity index (χ3n) is 3.96. The predicted octanol–water partition coefficient (Wildman–Crippen LogP) is 0.940. The zero-order valence-electron chi connectivity index (χ0n) is 12.0. The Morgan fingerprint density at radius 2 is 1.85 bits per heavy atom. The van der Waals surface area contributed by atoms with Gasteiger partial charge >= 0.3 is 0 Å². The Balaban J connectivity index is 2.33. The SMILES string of the molecule is CCS(=O)(=O)[C@@H]1[C@@H](c2ccc(OC)cc2)[C@]1(N)COC. The molecule has 0 unspecified atom stereocenters.